The number of carbonyl (C=O) groups is 1. The minimum Gasteiger partial charge on any atom is -0.415 e. The highest BCUT2D eigenvalue weighted by Gasteiger charge is 2.29. The summed E-state index contributed by atoms with van der Waals surface area (Å²) < 4.78 is 12.7. The van der Waals surface area contributed by atoms with Gasteiger partial charge in [0, 0.05) is 5.56 Å². The Morgan fingerprint density at radius 2 is 1.04 bits per heavy atom. The number of benzene rings is 1. The van der Waals surface area contributed by atoms with Crippen molar-refractivity contribution < 1.29 is 13.6 Å². The molecule has 3 nitrogen and oxygen atoms in total. The summed E-state index contributed by atoms with van der Waals surface area (Å²) in [5.74, 6) is 0. The number of aldehydes is 1. The summed E-state index contributed by atoms with van der Waals surface area (Å²) in [6.45, 7) is 21.7. The maximum atomic E-state index is 11.5. The second kappa shape index (κ2) is 8.09. The van der Waals surface area contributed by atoms with E-state index in [0.717, 1.165) is 17.4 Å². The van der Waals surface area contributed by atoms with Crippen molar-refractivity contribution in [1.82, 2.24) is 0 Å². The van der Waals surface area contributed by atoms with Gasteiger partial charge in [0.2, 0.25) is 0 Å². The molecule has 1 aromatic rings. The van der Waals surface area contributed by atoms with Crippen LogP contribution in [0, 0.1) is 0 Å². The molecule has 0 atom stereocenters. The van der Waals surface area contributed by atoms with Crippen LogP contribution in [0.25, 0.3) is 0 Å². The molecule has 5 heteroatoms. The number of hydrogen-bond donors (Lipinski definition) is 0. The van der Waals surface area contributed by atoms with Gasteiger partial charge in [-0.15, -0.1) is 0 Å². The summed E-state index contributed by atoms with van der Waals surface area (Å²) in [5, 5.41) is 0.451. The second-order valence-corrected chi connectivity index (χ2v) is 16.1. The van der Waals surface area contributed by atoms with E-state index in [4.69, 9.17) is 8.85 Å². The molecule has 1 aromatic carbocycles. The zero-order valence-electron chi connectivity index (χ0n) is 18.4. The highest BCUT2D eigenvalue weighted by atomic mass is 28.2. The maximum Gasteiger partial charge on any atom is 0.168 e. The van der Waals surface area contributed by atoms with E-state index in [0.29, 0.717) is 5.56 Å². The second-order valence-electron chi connectivity index (χ2n) is 10.7. The van der Waals surface area contributed by atoms with Gasteiger partial charge in [-0.25, -0.2) is 0 Å². The lowest BCUT2D eigenvalue weighted by Crippen LogP contribution is -2.30. The highest BCUT2D eigenvalue weighted by Crippen LogP contribution is 2.35. The third kappa shape index (κ3) is 7.47. The Bertz CT molecular complexity index is 575. The van der Waals surface area contributed by atoms with Gasteiger partial charge in [0.25, 0.3) is 0 Å². The van der Waals surface area contributed by atoms with E-state index in [2.05, 4.69) is 75.3 Å². The van der Waals surface area contributed by atoms with Crippen LogP contribution in [-0.4, -0.2) is 25.8 Å². The summed E-state index contributed by atoms with van der Waals surface area (Å²) in [7, 11) is -1.41. The van der Waals surface area contributed by atoms with Crippen LogP contribution in [-0.2, 0) is 20.1 Å². The van der Waals surface area contributed by atoms with Crippen LogP contribution in [0.2, 0.25) is 10.1 Å². The standard InChI is InChI=1S/C21H38O3Si2/c1-18(2,3)25-23-20(7,8)16-11-15(14-22)12-17(13-16)21(9,10)24-26-19(4,5)6/h11-14H,25-26H2,1-10H3. The van der Waals surface area contributed by atoms with Crippen molar-refractivity contribution in [2.45, 2.75) is 90.5 Å². The highest BCUT2D eigenvalue weighted by molar-refractivity contribution is 6.32. The van der Waals surface area contributed by atoms with Crippen LogP contribution in [0.15, 0.2) is 18.2 Å². The molecule has 0 fully saturated rings. The smallest absolute Gasteiger partial charge is 0.168 e. The third-order valence-electron chi connectivity index (χ3n) is 4.21. The van der Waals surface area contributed by atoms with Gasteiger partial charge in [0.05, 0.1) is 11.2 Å². The Hall–Kier alpha value is -0.756. The molecule has 0 radical (unpaired) electrons. The van der Waals surface area contributed by atoms with Crippen molar-refractivity contribution in [3.8, 4) is 0 Å². The maximum absolute atomic E-state index is 11.5. The van der Waals surface area contributed by atoms with Crippen LogP contribution in [0.5, 0.6) is 0 Å². The largest absolute Gasteiger partial charge is 0.415 e. The number of rotatable bonds is 7. The van der Waals surface area contributed by atoms with Gasteiger partial charge in [-0.05, 0) is 61.0 Å². The zero-order chi connectivity index (χ0) is 20.4. The molecule has 1 rings (SSSR count). The molecule has 148 valence electrons. The summed E-state index contributed by atoms with van der Waals surface area (Å²) in [6.07, 6.45) is 0.918. The lowest BCUT2D eigenvalue weighted by Gasteiger charge is -2.34. The third-order valence-corrected chi connectivity index (χ3v) is 7.68. The molecular weight excluding hydrogens is 356 g/mol. The van der Waals surface area contributed by atoms with E-state index in [-0.39, 0.29) is 10.1 Å². The van der Waals surface area contributed by atoms with E-state index in [1.165, 1.54) is 0 Å². The first-order valence-corrected chi connectivity index (χ1v) is 12.0. The molecule has 0 N–H and O–H groups in total. The fourth-order valence-electron chi connectivity index (χ4n) is 2.38. The van der Waals surface area contributed by atoms with Gasteiger partial charge >= 0.3 is 0 Å². The Morgan fingerprint density at radius 1 is 0.692 bits per heavy atom. The predicted molar refractivity (Wildman–Crippen MR) is 117 cm³/mol. The SMILES string of the molecule is CC(C)(C)[SiH2]OC(C)(C)c1cc(C=O)cc(C(C)(C)O[SiH2]C(C)(C)C)c1. The number of carbonyl (C=O) groups excluding carboxylic acids is 1. The van der Waals surface area contributed by atoms with Gasteiger partial charge < -0.3 is 8.85 Å². The molecule has 0 aromatic heterocycles. The molecule has 0 aliphatic rings. The van der Waals surface area contributed by atoms with E-state index in [1.807, 2.05) is 12.1 Å². The first kappa shape index (κ1) is 23.3. The van der Waals surface area contributed by atoms with E-state index in [9.17, 15) is 4.79 Å². The van der Waals surface area contributed by atoms with Crippen molar-refractivity contribution in [3.63, 3.8) is 0 Å². The molecular formula is C21H38O3Si2. The van der Waals surface area contributed by atoms with Crippen molar-refractivity contribution in [2.75, 3.05) is 0 Å². The van der Waals surface area contributed by atoms with Crippen LogP contribution in [0.4, 0.5) is 0 Å². The van der Waals surface area contributed by atoms with Gasteiger partial charge in [0.15, 0.2) is 19.5 Å². The Balaban J connectivity index is 3.20. The fraction of sp³-hybridized carbons (Fsp3) is 0.667. The van der Waals surface area contributed by atoms with Crippen molar-refractivity contribution >= 4 is 25.8 Å². The average molecular weight is 395 g/mol. The van der Waals surface area contributed by atoms with Crippen LogP contribution in [0.3, 0.4) is 0 Å². The molecule has 0 amide bonds. The summed E-state index contributed by atoms with van der Waals surface area (Å²) in [4.78, 5) is 11.5. The Labute approximate surface area is 165 Å². The molecule has 0 saturated carbocycles. The van der Waals surface area contributed by atoms with Crippen LogP contribution >= 0.6 is 0 Å². The number of hydrogen-bond acceptors (Lipinski definition) is 3. The van der Waals surface area contributed by atoms with Crippen molar-refractivity contribution in [3.05, 3.63) is 34.9 Å². The zero-order valence-corrected chi connectivity index (χ0v) is 21.3. The Morgan fingerprint density at radius 3 is 1.31 bits per heavy atom. The van der Waals surface area contributed by atoms with Gasteiger partial charge in [-0.2, -0.15) is 0 Å². The predicted octanol–water partition coefficient (Wildman–Crippen LogP) is 4.61. The topological polar surface area (TPSA) is 35.5 Å². The molecule has 0 bridgehead atoms. The average Bonchev–Trinajstić information content (AvgIpc) is 2.49. The van der Waals surface area contributed by atoms with Crippen LogP contribution < -0.4 is 0 Å². The lowest BCUT2D eigenvalue weighted by molar-refractivity contribution is 0.102. The molecule has 0 heterocycles. The fourth-order valence-corrected chi connectivity index (χ4v) is 4.30. The minimum absolute atomic E-state index is 0.225. The van der Waals surface area contributed by atoms with Gasteiger partial charge in [0.1, 0.15) is 6.29 Å². The normalized spacial score (nSPS) is 14.7. The molecule has 0 aliphatic heterocycles. The van der Waals surface area contributed by atoms with Crippen LogP contribution in [0.1, 0.15) is 90.7 Å². The van der Waals surface area contributed by atoms with Crippen molar-refractivity contribution in [1.29, 1.82) is 0 Å². The summed E-state index contributed by atoms with van der Waals surface area (Å²) >= 11 is 0. The summed E-state index contributed by atoms with van der Waals surface area (Å²) in [5.41, 5.74) is 1.95. The van der Waals surface area contributed by atoms with Gasteiger partial charge in [-0.3, -0.25) is 4.79 Å². The monoisotopic (exact) mass is 394 g/mol. The molecule has 0 saturated heterocycles. The molecule has 0 aliphatic carbocycles. The first-order valence-electron chi connectivity index (χ1n) is 9.45. The van der Waals surface area contributed by atoms with E-state index in [1.54, 1.807) is 0 Å². The summed E-state index contributed by atoms with van der Waals surface area (Å²) in [6, 6.07) is 6.05. The van der Waals surface area contributed by atoms with Gasteiger partial charge in [-0.1, -0.05) is 47.6 Å². The van der Waals surface area contributed by atoms with Crippen molar-refractivity contribution in [2.24, 2.45) is 0 Å². The first-order chi connectivity index (χ1) is 11.6. The molecule has 0 spiro atoms. The quantitative estimate of drug-likeness (QED) is 0.500. The molecule has 0 unspecified atom stereocenters. The molecule has 26 heavy (non-hydrogen) atoms. The Kier molecular flexibility index (Phi) is 7.24. The minimum atomic E-state index is -0.704. The van der Waals surface area contributed by atoms with E-state index < -0.39 is 30.7 Å². The van der Waals surface area contributed by atoms with E-state index >= 15 is 0 Å². The lowest BCUT2D eigenvalue weighted by atomic mass is 9.89.